The molecule has 3 aliphatic heterocycles. The SMILES string of the molecule is CC(C)(C)c1ccc2[nH]ccc2c1.CC(C)(C)c1ccc2[nH]ncc2c1.CC(C)(C)c1ccc2c(c1)CC=N2.CC(C)(C)c1ccc2c(c1)CN=C2.CC(C)(C)c1ccc2c(c1)OCCO2.CC(C)(C)c1ccc2ncccc2c1.CC(C)(C)c1ccc2nccn2c1.CC(C)(C)c1ccc2nccnc2c1.CC(C)(C)c1ccc2nsnc2c1.CC(C)(C)c1ccc2scnc2c1.CC(C)c1ccc2ncsc2c1. The van der Waals surface area contributed by atoms with Crippen molar-refractivity contribution in [1.82, 2.24) is 58.2 Å². The number of hydrogen-bond donors (Lipinski definition) is 2. The molecule has 0 amide bonds. The van der Waals surface area contributed by atoms with E-state index in [1.54, 1.807) is 35.1 Å². The Morgan fingerprint density at radius 2 is 0.828 bits per heavy atom. The summed E-state index contributed by atoms with van der Waals surface area (Å²) in [5.74, 6) is 2.35. The van der Waals surface area contributed by atoms with Crippen molar-refractivity contribution in [1.29, 1.82) is 0 Å². The van der Waals surface area contributed by atoms with E-state index < -0.39 is 0 Å². The quantitative estimate of drug-likeness (QED) is 0.159. The van der Waals surface area contributed by atoms with Crippen LogP contribution in [0, 0.1) is 0 Å². The summed E-state index contributed by atoms with van der Waals surface area (Å²) in [5, 5.41) is 10.7. The van der Waals surface area contributed by atoms with Crippen LogP contribution in [0.4, 0.5) is 5.69 Å². The van der Waals surface area contributed by atoms with Crippen LogP contribution in [0.5, 0.6) is 11.5 Å². The van der Waals surface area contributed by atoms with Gasteiger partial charge in [-0.05, 0) is 265 Å². The standard InChI is InChI=1S/C13H15N.C12H14N2.3C12H15N.C12H16O2.2C11H14N2.C11H13NS.C10H12N2S.C10H11NS/c1-13(2,3)11-6-7-12-10(9-11)5-4-8-14-12;1-12(2,3)9-4-5-10-11(8-9)14-7-6-13-10;1-12(2,3)11-5-4-9-7-13-8-10(9)6-11;2*1-12(2,3)10-4-5-11-9(8-10)6-7-13-11;1-12(2,3)9-4-5-10-11(8-9)14-7-6-13-10;1-11(2,3)9-4-5-10-8(6-9)7-12-13-10;1-11(2,3)9-4-5-10-12-6-7-13(10)8-9;1-11(2,3)8-4-5-10-9(6-8)12-7-13-10;1-10(2,3)7-4-5-8-9(6-7)12-13-11-8;1-7(2)8-3-4-9-10(5-8)12-6-11-9/h4-9H,1-3H3;4-8H,1-3H3;4-7H,8H2,1-3H3;4-5,7-8H,6H2,1-3H3;4-8,13H,1-3H3;4-5,8H,6-7H2,1-3H3;4-7H,1-3H3,(H,12,13);4-8H,1-3H3;4-7H,1-3H3;4-6H,1-3H3;3-7H,1-2H3. The van der Waals surface area contributed by atoms with Gasteiger partial charge >= 0.3 is 0 Å². The maximum atomic E-state index is 5.53. The molecule has 0 radical (unpaired) electrons. The lowest BCUT2D eigenvalue weighted by Crippen LogP contribution is -2.17. The second-order valence-electron chi connectivity index (χ2n) is 48.1. The summed E-state index contributed by atoms with van der Waals surface area (Å²) >= 11 is 4.68. The summed E-state index contributed by atoms with van der Waals surface area (Å²) in [6.45, 7) is 73.2. The third-order valence-electron chi connectivity index (χ3n) is 25.5. The molecule has 12 heterocycles. The third kappa shape index (κ3) is 31.6. The number of benzene rings is 10. The van der Waals surface area contributed by atoms with Crippen molar-refractivity contribution in [2.45, 2.75) is 295 Å². The van der Waals surface area contributed by atoms with E-state index in [0.29, 0.717) is 19.1 Å². The largest absolute Gasteiger partial charge is 0.486 e. The monoisotopic (exact) mass is 1990 g/mol. The highest BCUT2D eigenvalue weighted by Crippen LogP contribution is 2.39. The lowest BCUT2D eigenvalue weighted by molar-refractivity contribution is 0.171. The van der Waals surface area contributed by atoms with Gasteiger partial charge in [0.15, 0.2) is 11.5 Å². The number of nitrogens with zero attached hydrogens (tertiary/aromatic N) is 12. The van der Waals surface area contributed by atoms with Crippen LogP contribution in [-0.4, -0.2) is 83.9 Å². The van der Waals surface area contributed by atoms with Crippen LogP contribution in [0.15, 0.2) is 283 Å². The van der Waals surface area contributed by atoms with Gasteiger partial charge in [-0.1, -0.05) is 313 Å². The molecule has 19 heteroatoms. The minimum absolute atomic E-state index is 0.163. The Bertz CT molecular complexity index is 6900. The van der Waals surface area contributed by atoms with Crippen LogP contribution in [0.3, 0.4) is 0 Å². The summed E-state index contributed by atoms with van der Waals surface area (Å²) in [6.07, 6.45) is 20.0. The Labute approximate surface area is 874 Å². The van der Waals surface area contributed by atoms with Crippen LogP contribution >= 0.6 is 34.4 Å². The molecule has 19 aromatic rings. The Balaban J connectivity index is 0.000000142. The third-order valence-corrected chi connectivity index (χ3v) is 27.7. The smallest absolute Gasteiger partial charge is 0.161 e. The first-order chi connectivity index (χ1) is 68.0. The van der Waals surface area contributed by atoms with Gasteiger partial charge in [-0.15, -0.1) is 22.7 Å². The molecule has 16 nitrogen and oxygen atoms in total. The van der Waals surface area contributed by atoms with E-state index in [4.69, 9.17) is 9.47 Å². The number of ether oxygens (including phenoxy) is 2. The lowest BCUT2D eigenvalue weighted by Gasteiger charge is -2.23. The Morgan fingerprint density at radius 3 is 1.46 bits per heavy atom. The first-order valence-corrected chi connectivity index (χ1v) is 53.1. The van der Waals surface area contributed by atoms with E-state index in [2.05, 4.69) is 484 Å². The summed E-state index contributed by atoms with van der Waals surface area (Å²) in [5.41, 5.74) is 36.5. The maximum Gasteiger partial charge on any atom is 0.161 e. The van der Waals surface area contributed by atoms with E-state index >= 15 is 0 Å². The average molecular weight is 1990 g/mol. The number of pyridine rings is 2. The number of aromatic nitrogens is 12. The molecule has 145 heavy (non-hydrogen) atoms. The van der Waals surface area contributed by atoms with Gasteiger partial charge in [-0.25, -0.2) is 15.0 Å². The fourth-order valence-corrected chi connectivity index (χ4v) is 17.6. The molecule has 22 rings (SSSR count). The van der Waals surface area contributed by atoms with Gasteiger partial charge in [0.05, 0.1) is 83.7 Å². The number of fused-ring (bicyclic) bond motifs is 11. The number of hydrogen-bond acceptors (Lipinski definition) is 16. The number of aliphatic imine (C=N–C) groups is 2. The van der Waals surface area contributed by atoms with E-state index in [-0.39, 0.29) is 54.1 Å². The molecule has 9 aromatic heterocycles. The van der Waals surface area contributed by atoms with Gasteiger partial charge in [0.1, 0.15) is 29.9 Å². The van der Waals surface area contributed by atoms with Gasteiger partial charge in [-0.2, -0.15) is 13.8 Å². The minimum atomic E-state index is 0.163. The van der Waals surface area contributed by atoms with Crippen molar-refractivity contribution in [2.75, 3.05) is 13.2 Å². The zero-order chi connectivity index (χ0) is 105. The average Bonchev–Trinajstić information content (AvgIpc) is 1.70. The molecule has 10 aromatic carbocycles. The molecule has 2 N–H and O–H groups in total. The highest BCUT2D eigenvalue weighted by Gasteiger charge is 2.25. The molecule has 0 saturated carbocycles. The number of nitrogens with one attached hydrogen (secondary N) is 2. The van der Waals surface area contributed by atoms with Crippen LogP contribution < -0.4 is 9.47 Å². The summed E-state index contributed by atoms with van der Waals surface area (Å²) in [6, 6.07) is 74.9. The maximum absolute atomic E-state index is 5.53. The van der Waals surface area contributed by atoms with Gasteiger partial charge in [0.25, 0.3) is 0 Å². The second-order valence-corrected chi connectivity index (χ2v) is 50.4. The van der Waals surface area contributed by atoms with Gasteiger partial charge < -0.3 is 18.9 Å². The Hall–Kier alpha value is -12.8. The summed E-state index contributed by atoms with van der Waals surface area (Å²) in [7, 11) is 0. The van der Waals surface area contributed by atoms with E-state index in [1.807, 2.05) is 78.7 Å². The number of H-pyrrole nitrogens is 2. The number of thiazole rings is 2. The van der Waals surface area contributed by atoms with E-state index in [0.717, 1.165) is 79.9 Å². The van der Waals surface area contributed by atoms with Crippen molar-refractivity contribution >= 4 is 133 Å². The molecule has 0 saturated heterocycles. The van der Waals surface area contributed by atoms with Crippen molar-refractivity contribution < 1.29 is 9.47 Å². The van der Waals surface area contributed by atoms with Crippen molar-refractivity contribution in [3.63, 3.8) is 0 Å². The number of imidazole rings is 1. The summed E-state index contributed by atoms with van der Waals surface area (Å²) in [4.78, 5) is 37.3. The normalized spacial score (nSPS) is 12.8. The number of rotatable bonds is 1. The first-order valence-electron chi connectivity index (χ1n) is 50.6. The van der Waals surface area contributed by atoms with Crippen molar-refractivity contribution in [3.8, 4) is 11.5 Å². The topological polar surface area (TPSA) is 195 Å². The minimum Gasteiger partial charge on any atom is -0.486 e. The molecule has 0 aliphatic carbocycles. The molecule has 758 valence electrons. The fraction of sp³-hybridized carbons (Fsp3) is 0.373. The second kappa shape index (κ2) is 46.7. The summed E-state index contributed by atoms with van der Waals surface area (Å²) < 4.78 is 24.0. The Morgan fingerprint density at radius 1 is 0.352 bits per heavy atom. The highest BCUT2D eigenvalue weighted by atomic mass is 32.1. The van der Waals surface area contributed by atoms with E-state index in [1.165, 1.54) is 121 Å². The van der Waals surface area contributed by atoms with Crippen LogP contribution in [0.1, 0.15) is 305 Å². The van der Waals surface area contributed by atoms with E-state index in [9.17, 15) is 0 Å². The number of aromatic amines is 2. The molecule has 0 unspecified atom stereocenters. The molecule has 0 bridgehead atoms. The highest BCUT2D eigenvalue weighted by molar-refractivity contribution is 7.17. The van der Waals surface area contributed by atoms with Crippen LogP contribution in [-0.2, 0) is 67.1 Å². The zero-order valence-corrected chi connectivity index (χ0v) is 94.4. The fourth-order valence-electron chi connectivity index (χ4n) is 15.7. The van der Waals surface area contributed by atoms with Crippen molar-refractivity contribution in [2.24, 2.45) is 9.98 Å². The zero-order valence-electron chi connectivity index (χ0n) is 91.9. The first kappa shape index (κ1) is 111. The van der Waals surface area contributed by atoms with Gasteiger partial charge in [-0.3, -0.25) is 30.0 Å². The molecule has 3 aliphatic rings. The molecule has 0 fully saturated rings. The molecule has 0 atom stereocenters. The van der Waals surface area contributed by atoms with Crippen molar-refractivity contribution in [3.05, 3.63) is 351 Å². The van der Waals surface area contributed by atoms with Crippen LogP contribution in [0.25, 0.3) is 80.9 Å². The van der Waals surface area contributed by atoms with Crippen LogP contribution in [0.2, 0.25) is 0 Å². The molecular weight excluding hydrogens is 1840 g/mol. The Kier molecular flexibility index (Phi) is 35.7. The molecular formula is C126H154N14O2S3. The lowest BCUT2D eigenvalue weighted by atomic mass is 9.85. The predicted molar refractivity (Wildman–Crippen MR) is 622 cm³/mol. The van der Waals surface area contributed by atoms with Gasteiger partial charge in [0.2, 0.25) is 0 Å². The predicted octanol–water partition coefficient (Wildman–Crippen LogP) is 34.3. The van der Waals surface area contributed by atoms with Gasteiger partial charge in [0, 0.05) is 78.5 Å². The molecule has 0 spiro atoms.